The molecule has 0 atom stereocenters. The van der Waals surface area contributed by atoms with Crippen molar-refractivity contribution in [3.8, 4) is 11.4 Å². The second kappa shape index (κ2) is 5.95. The summed E-state index contributed by atoms with van der Waals surface area (Å²) in [6.07, 6.45) is 5.83. The third-order valence-electron chi connectivity index (χ3n) is 4.60. The van der Waals surface area contributed by atoms with Crippen LogP contribution in [0.25, 0.3) is 16.7 Å². The number of rotatable bonds is 3. The monoisotopic (exact) mass is 307 g/mol. The number of nitrogens with zero attached hydrogens (tertiary/aromatic N) is 3. The fraction of sp³-hybridized carbons (Fsp3) is 0.316. The van der Waals surface area contributed by atoms with Crippen molar-refractivity contribution < 1.29 is 4.74 Å². The fourth-order valence-corrected chi connectivity index (χ4v) is 3.30. The number of fused-ring (bicyclic) bond motifs is 1. The molecule has 4 heteroatoms. The Labute approximate surface area is 136 Å². The number of ether oxygens (including phenoxy) is 1. The van der Waals surface area contributed by atoms with Gasteiger partial charge in [-0.25, -0.2) is 4.98 Å². The van der Waals surface area contributed by atoms with Crippen LogP contribution in [-0.2, 0) is 0 Å². The molecule has 0 N–H and O–H groups in total. The maximum Gasteiger partial charge on any atom is 0.119 e. The SMILES string of the molecule is COc1ccc(-n2cnc3cc(N4CCCCC4)ccc32)cc1. The first-order valence-corrected chi connectivity index (χ1v) is 8.22. The molecule has 0 bridgehead atoms. The Hall–Kier alpha value is -2.49. The normalized spacial score (nSPS) is 15.1. The number of hydrogen-bond acceptors (Lipinski definition) is 3. The number of anilines is 1. The molecule has 1 saturated heterocycles. The summed E-state index contributed by atoms with van der Waals surface area (Å²) in [7, 11) is 1.68. The van der Waals surface area contributed by atoms with Crippen molar-refractivity contribution in [2.24, 2.45) is 0 Å². The Balaban J connectivity index is 1.69. The van der Waals surface area contributed by atoms with E-state index in [9.17, 15) is 0 Å². The van der Waals surface area contributed by atoms with E-state index in [1.54, 1.807) is 7.11 Å². The summed E-state index contributed by atoms with van der Waals surface area (Å²) in [6.45, 7) is 2.31. The van der Waals surface area contributed by atoms with Crippen LogP contribution in [0.5, 0.6) is 5.75 Å². The van der Waals surface area contributed by atoms with Crippen LogP contribution in [0.2, 0.25) is 0 Å². The molecular formula is C19H21N3O. The van der Waals surface area contributed by atoms with Gasteiger partial charge in [0.05, 0.1) is 18.1 Å². The summed E-state index contributed by atoms with van der Waals surface area (Å²) >= 11 is 0. The minimum absolute atomic E-state index is 0.866. The van der Waals surface area contributed by atoms with Gasteiger partial charge in [0.2, 0.25) is 0 Å². The van der Waals surface area contributed by atoms with Crippen LogP contribution in [0.3, 0.4) is 0 Å². The summed E-state index contributed by atoms with van der Waals surface area (Å²) in [5.41, 5.74) is 4.57. The average molecular weight is 307 g/mol. The Morgan fingerprint density at radius 2 is 1.65 bits per heavy atom. The molecule has 0 saturated carbocycles. The third kappa shape index (κ3) is 2.65. The zero-order valence-electron chi connectivity index (χ0n) is 13.4. The molecule has 0 amide bonds. The van der Waals surface area contributed by atoms with E-state index in [4.69, 9.17) is 4.74 Å². The maximum atomic E-state index is 5.23. The molecular weight excluding hydrogens is 286 g/mol. The Bertz CT molecular complexity index is 801. The zero-order chi connectivity index (χ0) is 15.6. The molecule has 3 aromatic rings. The molecule has 23 heavy (non-hydrogen) atoms. The van der Waals surface area contributed by atoms with Gasteiger partial charge in [-0.3, -0.25) is 4.57 Å². The number of aromatic nitrogens is 2. The maximum absolute atomic E-state index is 5.23. The van der Waals surface area contributed by atoms with Gasteiger partial charge in [0.15, 0.2) is 0 Å². The molecule has 0 spiro atoms. The van der Waals surface area contributed by atoms with Gasteiger partial charge in [0, 0.05) is 24.5 Å². The number of benzene rings is 2. The number of piperidine rings is 1. The van der Waals surface area contributed by atoms with Crippen LogP contribution in [0, 0.1) is 0 Å². The molecule has 0 radical (unpaired) electrons. The number of methoxy groups -OCH3 is 1. The van der Waals surface area contributed by atoms with Gasteiger partial charge in [-0.1, -0.05) is 0 Å². The molecule has 2 heterocycles. The lowest BCUT2D eigenvalue weighted by Gasteiger charge is -2.28. The van der Waals surface area contributed by atoms with Crippen molar-refractivity contribution in [3.63, 3.8) is 0 Å². The van der Waals surface area contributed by atoms with E-state index in [1.165, 1.54) is 24.9 Å². The second-order valence-electron chi connectivity index (χ2n) is 6.03. The average Bonchev–Trinajstić information content (AvgIpc) is 3.05. The summed E-state index contributed by atoms with van der Waals surface area (Å²) in [5.74, 6) is 0.866. The van der Waals surface area contributed by atoms with Crippen molar-refractivity contribution in [1.29, 1.82) is 0 Å². The van der Waals surface area contributed by atoms with E-state index in [0.29, 0.717) is 0 Å². The largest absolute Gasteiger partial charge is 0.497 e. The quantitative estimate of drug-likeness (QED) is 0.732. The van der Waals surface area contributed by atoms with Crippen molar-refractivity contribution in [3.05, 3.63) is 48.8 Å². The van der Waals surface area contributed by atoms with Crippen molar-refractivity contribution in [1.82, 2.24) is 9.55 Å². The van der Waals surface area contributed by atoms with E-state index >= 15 is 0 Å². The number of hydrogen-bond donors (Lipinski definition) is 0. The van der Waals surface area contributed by atoms with Gasteiger partial charge in [-0.05, 0) is 61.7 Å². The molecule has 1 fully saturated rings. The highest BCUT2D eigenvalue weighted by molar-refractivity contribution is 5.81. The molecule has 0 unspecified atom stereocenters. The fourth-order valence-electron chi connectivity index (χ4n) is 3.30. The van der Waals surface area contributed by atoms with E-state index < -0.39 is 0 Å². The molecule has 2 aromatic carbocycles. The Morgan fingerprint density at radius 3 is 2.39 bits per heavy atom. The van der Waals surface area contributed by atoms with Gasteiger partial charge in [-0.15, -0.1) is 0 Å². The third-order valence-corrected chi connectivity index (χ3v) is 4.60. The first-order valence-electron chi connectivity index (χ1n) is 8.22. The first-order chi connectivity index (χ1) is 11.3. The lowest BCUT2D eigenvalue weighted by molar-refractivity contribution is 0.415. The summed E-state index contributed by atoms with van der Waals surface area (Å²) < 4.78 is 7.35. The number of imidazole rings is 1. The van der Waals surface area contributed by atoms with Crippen molar-refractivity contribution >= 4 is 16.7 Å². The molecule has 1 aromatic heterocycles. The molecule has 118 valence electrons. The first kappa shape index (κ1) is 14.1. The van der Waals surface area contributed by atoms with E-state index in [2.05, 4.69) is 44.8 Å². The molecule has 4 rings (SSSR count). The van der Waals surface area contributed by atoms with Crippen LogP contribution in [0.1, 0.15) is 19.3 Å². The predicted molar refractivity (Wildman–Crippen MR) is 93.7 cm³/mol. The van der Waals surface area contributed by atoms with Crippen molar-refractivity contribution in [2.75, 3.05) is 25.1 Å². The van der Waals surface area contributed by atoms with Gasteiger partial charge in [-0.2, -0.15) is 0 Å². The van der Waals surface area contributed by atoms with Crippen LogP contribution >= 0.6 is 0 Å². The Morgan fingerprint density at radius 1 is 0.913 bits per heavy atom. The minimum Gasteiger partial charge on any atom is -0.497 e. The lowest BCUT2D eigenvalue weighted by atomic mass is 10.1. The van der Waals surface area contributed by atoms with Crippen molar-refractivity contribution in [2.45, 2.75) is 19.3 Å². The predicted octanol–water partition coefficient (Wildman–Crippen LogP) is 4.02. The summed E-state index contributed by atoms with van der Waals surface area (Å²) in [6, 6.07) is 14.7. The van der Waals surface area contributed by atoms with Gasteiger partial charge < -0.3 is 9.64 Å². The summed E-state index contributed by atoms with van der Waals surface area (Å²) in [4.78, 5) is 7.07. The zero-order valence-corrected chi connectivity index (χ0v) is 13.4. The standard InChI is InChI=1S/C19H21N3O/c1-23-17-8-5-15(6-9-17)22-14-20-18-13-16(7-10-19(18)22)21-11-3-2-4-12-21/h5-10,13-14H,2-4,11-12H2,1H3. The van der Waals surface area contributed by atoms with E-state index in [0.717, 1.165) is 35.6 Å². The highest BCUT2D eigenvalue weighted by atomic mass is 16.5. The van der Waals surface area contributed by atoms with E-state index in [1.807, 2.05) is 18.5 Å². The van der Waals surface area contributed by atoms with Crippen LogP contribution in [0.15, 0.2) is 48.8 Å². The minimum atomic E-state index is 0.866. The molecule has 1 aliphatic rings. The summed E-state index contributed by atoms with van der Waals surface area (Å²) in [5, 5.41) is 0. The molecule has 0 aliphatic carbocycles. The van der Waals surface area contributed by atoms with Gasteiger partial charge >= 0.3 is 0 Å². The smallest absolute Gasteiger partial charge is 0.119 e. The van der Waals surface area contributed by atoms with Crippen LogP contribution < -0.4 is 9.64 Å². The molecule has 4 nitrogen and oxygen atoms in total. The lowest BCUT2D eigenvalue weighted by Crippen LogP contribution is -2.29. The second-order valence-corrected chi connectivity index (χ2v) is 6.03. The Kier molecular flexibility index (Phi) is 3.66. The van der Waals surface area contributed by atoms with Crippen LogP contribution in [0.4, 0.5) is 5.69 Å². The van der Waals surface area contributed by atoms with E-state index in [-0.39, 0.29) is 0 Å². The van der Waals surface area contributed by atoms with Crippen LogP contribution in [-0.4, -0.2) is 29.8 Å². The highest BCUT2D eigenvalue weighted by Gasteiger charge is 2.13. The van der Waals surface area contributed by atoms with Gasteiger partial charge in [0.1, 0.15) is 12.1 Å². The highest BCUT2D eigenvalue weighted by Crippen LogP contribution is 2.26. The van der Waals surface area contributed by atoms with Gasteiger partial charge in [0.25, 0.3) is 0 Å². The molecule has 1 aliphatic heterocycles. The topological polar surface area (TPSA) is 30.3 Å².